The molecule has 0 saturated carbocycles. The Kier molecular flexibility index (Phi) is 33.0. The van der Waals surface area contributed by atoms with Gasteiger partial charge in [-0.25, -0.2) is 4.98 Å². The van der Waals surface area contributed by atoms with Gasteiger partial charge in [-0.1, -0.05) is 24.3 Å². The van der Waals surface area contributed by atoms with Crippen LogP contribution in [0.5, 0.6) is 28.9 Å². The van der Waals surface area contributed by atoms with Gasteiger partial charge in [-0.15, -0.1) is 0 Å². The van der Waals surface area contributed by atoms with Crippen molar-refractivity contribution in [3.8, 4) is 40.1 Å². The Morgan fingerprint density at radius 2 is 1.34 bits per heavy atom. The van der Waals surface area contributed by atoms with Crippen molar-refractivity contribution in [2.75, 3.05) is 28.4 Å². The molecule has 1 unspecified atom stereocenters. The minimum Gasteiger partial charge on any atom is 0 e. The number of benzene rings is 3. The van der Waals surface area contributed by atoms with E-state index in [1.54, 1.807) is 0 Å². The molecule has 308 valence electrons. The fraction of sp³-hybridized carbons (Fsp3) is 0.220. The van der Waals surface area contributed by atoms with Crippen molar-refractivity contribution in [1.82, 2.24) is 4.98 Å². The summed E-state index contributed by atoms with van der Waals surface area (Å²) in [7, 11) is 5.73. The molecule has 0 fully saturated rings. The summed E-state index contributed by atoms with van der Waals surface area (Å²) in [5.74, 6) is 1.25. The van der Waals surface area contributed by atoms with E-state index in [2.05, 4.69) is 56.1 Å². The van der Waals surface area contributed by atoms with E-state index >= 15 is 0 Å². The van der Waals surface area contributed by atoms with E-state index in [0.717, 1.165) is 33.3 Å². The molecule has 1 aliphatic rings. The van der Waals surface area contributed by atoms with Gasteiger partial charge in [0.2, 0.25) is 11.7 Å². The maximum absolute atomic E-state index is 14.4. The van der Waals surface area contributed by atoms with Gasteiger partial charge in [-0.05, 0) is 77.9 Å². The molecule has 0 amide bonds. The molecule has 1 atom stereocenters. The Morgan fingerprint density at radius 3 is 1.85 bits per heavy atom. The molecule has 0 bridgehead atoms. The number of hydrogen-bond acceptors (Lipinski definition) is 10. The summed E-state index contributed by atoms with van der Waals surface area (Å²) in [5, 5.41) is 14.8. The summed E-state index contributed by atoms with van der Waals surface area (Å²) in [4.78, 5) is 47.6. The van der Waals surface area contributed by atoms with Crippen molar-refractivity contribution in [3.63, 3.8) is 0 Å². The number of carbonyl (C=O) groups excluding carboxylic acids is 3. The molecule has 15 nitrogen and oxygen atoms in total. The molecule has 18 heteroatoms. The zero-order chi connectivity index (χ0) is 44.3. The van der Waals surface area contributed by atoms with Gasteiger partial charge >= 0.3 is 67.8 Å². The number of fused-ring (bicyclic) bond motifs is 2. The van der Waals surface area contributed by atoms with Gasteiger partial charge in [-0.2, -0.15) is 0 Å². The number of rotatable bonds is 10. The zero-order valence-electron chi connectivity index (χ0n) is 31.6. The molecular weight excluding hydrogens is 880 g/mol. The zero-order valence-corrected chi connectivity index (χ0v) is 34.5. The number of nitrogens with zero attached hydrogens (tertiary/aromatic N) is 1. The summed E-state index contributed by atoms with van der Waals surface area (Å²) in [6, 6.07) is 15.7. The summed E-state index contributed by atoms with van der Waals surface area (Å²) in [6.45, 7) is 28.8. The van der Waals surface area contributed by atoms with Crippen LogP contribution in [0, 0.1) is 58.0 Å². The molecule has 0 spiro atoms. The van der Waals surface area contributed by atoms with Gasteiger partial charge in [0, 0.05) is 55.8 Å². The molecule has 1 N–H and O–H groups in total. The minimum atomic E-state index is -1.82. The fourth-order valence-corrected chi connectivity index (χ4v) is 6.40. The number of aromatic nitrogens is 1. The van der Waals surface area contributed by atoms with Gasteiger partial charge in [-0.3, -0.25) is 14.4 Å². The summed E-state index contributed by atoms with van der Waals surface area (Å²) < 4.78 is 67.0. The molecule has 3 aromatic carbocycles. The van der Waals surface area contributed by atoms with Crippen molar-refractivity contribution < 1.29 is 99.9 Å². The van der Waals surface area contributed by atoms with Crippen molar-refractivity contribution in [3.05, 3.63) is 117 Å². The van der Waals surface area contributed by atoms with E-state index in [4.69, 9.17) is 46.9 Å². The maximum Gasteiger partial charge on any atom is 0 e. The number of carbonyl (C=O) groups is 3. The number of aryl methyl sites for hydroxylation is 2. The summed E-state index contributed by atoms with van der Waals surface area (Å²) >= 11 is 1.16. The molecule has 1 aliphatic carbocycles. The number of aromatic hydroxyl groups is 1. The largest absolute Gasteiger partial charge is 0 e. The minimum absolute atomic E-state index is 0. The van der Waals surface area contributed by atoms with E-state index in [9.17, 15) is 19.5 Å². The van der Waals surface area contributed by atoms with E-state index in [-0.39, 0.29) is 74.4 Å². The van der Waals surface area contributed by atoms with Gasteiger partial charge in [0.1, 0.15) is 16.9 Å². The number of pyridine rings is 1. The Bertz CT molecular complexity index is 2160. The van der Waals surface area contributed by atoms with Crippen molar-refractivity contribution in [2.24, 2.45) is 0 Å². The predicted octanol–water partition coefficient (Wildman–Crippen LogP) is 5.40. The van der Waals surface area contributed by atoms with Crippen molar-refractivity contribution >= 4 is 39.9 Å². The second-order valence-electron chi connectivity index (χ2n) is 10.4. The first kappa shape index (κ1) is 60.1. The Balaban J connectivity index is -0.000000991. The standard InChI is InChI=1S/C35H31NO8S.6CO.2Co/c1-20-15-22-16-21-11-13-35(29(39)12-14-45-23-9-7-6-8-10-23,32(21)33(43-4)31(22)34(36-20)44-5)30(40)19-26(38)24-17-27(41-2)28(42-3)18-25(24)37;6*1-2;;/h6-10,15-18,37H,11,13,19H2,1-5H3;;;;;;;;. The van der Waals surface area contributed by atoms with Crippen LogP contribution < -0.4 is 18.9 Å². The third-order valence-corrected chi connectivity index (χ3v) is 8.62. The molecule has 2 radical (unpaired) electrons. The third-order valence-electron chi connectivity index (χ3n) is 7.91. The van der Waals surface area contributed by atoms with Gasteiger partial charge in [0.25, 0.3) is 0 Å². The molecule has 4 aromatic rings. The van der Waals surface area contributed by atoms with E-state index < -0.39 is 29.2 Å². The second kappa shape index (κ2) is 32.4. The summed E-state index contributed by atoms with van der Waals surface area (Å²) in [5.41, 5.74) is -0.162. The predicted molar refractivity (Wildman–Crippen MR) is 193 cm³/mol. The number of thioether (sulfide) groups is 1. The van der Waals surface area contributed by atoms with Crippen LogP contribution in [0.15, 0.2) is 59.5 Å². The smallest absolute Gasteiger partial charge is 0 e. The average molecular weight is 912 g/mol. The molecular formula is C41H31Co2NO14S. The topological polar surface area (TPSA) is 241 Å². The number of phenolic OH excluding ortho intramolecular Hbond substituents is 1. The fourth-order valence-electron chi connectivity index (χ4n) is 5.85. The number of methoxy groups -OCH3 is 4. The first-order valence-corrected chi connectivity index (χ1v) is 16.1. The van der Waals surface area contributed by atoms with Crippen LogP contribution in [0.25, 0.3) is 10.8 Å². The van der Waals surface area contributed by atoms with Crippen LogP contribution in [-0.2, 0) is 82.9 Å². The molecule has 0 aliphatic heterocycles. The number of Topliss-reactive ketones (excluding diaryl/α,β-unsaturated/α-hetero) is 3. The van der Waals surface area contributed by atoms with Crippen LogP contribution in [0.4, 0.5) is 0 Å². The quantitative estimate of drug-likeness (QED) is 0.0530. The van der Waals surface area contributed by atoms with E-state index in [0.29, 0.717) is 17.4 Å². The van der Waals surface area contributed by atoms with Crippen molar-refractivity contribution in [2.45, 2.75) is 36.5 Å². The van der Waals surface area contributed by atoms with Crippen LogP contribution >= 0.6 is 11.8 Å². The van der Waals surface area contributed by atoms with Crippen LogP contribution in [0.2, 0.25) is 0 Å². The maximum atomic E-state index is 14.4. The average Bonchev–Trinajstić information content (AvgIpc) is 3.67. The van der Waals surface area contributed by atoms with Crippen molar-refractivity contribution in [1.29, 1.82) is 0 Å². The Morgan fingerprint density at radius 1 is 0.797 bits per heavy atom. The monoisotopic (exact) mass is 911 g/mol. The van der Waals surface area contributed by atoms with E-state index in [1.165, 1.54) is 40.6 Å². The van der Waals surface area contributed by atoms with Crippen LogP contribution in [-0.4, -0.2) is 55.9 Å². The summed E-state index contributed by atoms with van der Waals surface area (Å²) in [6.07, 6.45) is -0.240. The SMILES string of the molecule is COc1cc(O)c(C(=O)CC(=O)C2(C(=O)C#CSc3ccccc3)CCc3cc4cc(C)nc(OC)c4c(OC)c32)cc1OC.[C-]#[O+].[C-]#[O+].[C-]#[O+].[C-]#[O+].[C-]#[O+].[C-]#[O+].[Co].[Co]. The van der Waals surface area contributed by atoms with Gasteiger partial charge < -0.3 is 24.1 Å². The normalized spacial score (nSPS) is 11.7. The van der Waals surface area contributed by atoms with Gasteiger partial charge in [0.05, 0.1) is 45.8 Å². The van der Waals surface area contributed by atoms with Crippen LogP contribution in [0.3, 0.4) is 0 Å². The molecule has 1 heterocycles. The number of hydrogen-bond donors (Lipinski definition) is 1. The Labute approximate surface area is 365 Å². The third kappa shape index (κ3) is 14.3. The number of phenols is 1. The first-order chi connectivity index (χ1) is 27.7. The second-order valence-corrected chi connectivity index (χ2v) is 11.3. The molecule has 59 heavy (non-hydrogen) atoms. The molecule has 1 aromatic heterocycles. The van der Waals surface area contributed by atoms with E-state index in [1.807, 2.05) is 49.4 Å². The molecule has 0 saturated heterocycles. The Hall–Kier alpha value is -5.56. The molecule has 5 rings (SSSR count). The first-order valence-electron chi connectivity index (χ1n) is 15.2. The van der Waals surface area contributed by atoms with Crippen LogP contribution in [0.1, 0.15) is 40.0 Å². The number of ether oxygens (including phenoxy) is 4. The van der Waals surface area contributed by atoms with Gasteiger partial charge in [0.15, 0.2) is 23.1 Å². The number of ketones is 3.